The highest BCUT2D eigenvalue weighted by molar-refractivity contribution is 7.91. The summed E-state index contributed by atoms with van der Waals surface area (Å²) < 4.78 is 61.8. The van der Waals surface area contributed by atoms with Gasteiger partial charge in [-0.15, -0.1) is 15.3 Å². The fourth-order valence-corrected chi connectivity index (χ4v) is 4.89. The lowest BCUT2D eigenvalue weighted by Gasteiger charge is -2.10. The molecule has 0 unspecified atom stereocenters. The molecule has 17 heteroatoms. The summed E-state index contributed by atoms with van der Waals surface area (Å²) in [5.74, 6) is -1.15. The minimum atomic E-state index is -4.84. The first-order valence-electron chi connectivity index (χ1n) is 11.7. The third-order valence-electron chi connectivity index (χ3n) is 5.45. The van der Waals surface area contributed by atoms with E-state index in [0.29, 0.717) is 11.4 Å². The van der Waals surface area contributed by atoms with E-state index in [0.717, 1.165) is 6.07 Å². The van der Waals surface area contributed by atoms with Crippen LogP contribution in [-0.4, -0.2) is 64.2 Å². The van der Waals surface area contributed by atoms with Crippen LogP contribution in [0.1, 0.15) is 10.4 Å². The van der Waals surface area contributed by atoms with Crippen molar-refractivity contribution in [2.75, 3.05) is 48.6 Å². The lowest BCUT2D eigenvalue weighted by molar-refractivity contribution is 0.0601. The van der Waals surface area contributed by atoms with Crippen molar-refractivity contribution in [3.8, 4) is 0 Å². The Morgan fingerprint density at radius 2 is 1.56 bits per heavy atom. The highest BCUT2D eigenvalue weighted by atomic mass is 32.2. The fraction of sp³-hybridized carbons (Fsp3) is 0.208. The molecule has 0 fully saturated rings. The number of nitrogens with one attached hydrogen (secondary N) is 1. The number of aliphatic hydroxyl groups excluding tert-OH is 1. The van der Waals surface area contributed by atoms with Crippen molar-refractivity contribution in [3.63, 3.8) is 0 Å². The van der Waals surface area contributed by atoms with E-state index >= 15 is 0 Å². The SMILES string of the molecule is COC(=O)c1ccccc1/N=N/c1cc(S(=O)(=O)O)c(N)c(/N=N/c2ccc(NCCS(=O)(=O)CCO)cc2)c1N. The zero-order valence-electron chi connectivity index (χ0n) is 21.6. The van der Waals surface area contributed by atoms with Gasteiger partial charge in [0.1, 0.15) is 22.0 Å². The van der Waals surface area contributed by atoms with E-state index < -0.39 is 43.1 Å². The molecule has 3 aromatic carbocycles. The van der Waals surface area contributed by atoms with E-state index in [1.165, 1.54) is 31.4 Å². The number of hydrogen-bond donors (Lipinski definition) is 5. The summed E-state index contributed by atoms with van der Waals surface area (Å²) in [5, 5.41) is 27.6. The molecule has 0 aromatic heterocycles. The molecular formula is C24H27N7O8S2. The van der Waals surface area contributed by atoms with Gasteiger partial charge in [-0.05, 0) is 42.5 Å². The van der Waals surface area contributed by atoms with Gasteiger partial charge in [-0.2, -0.15) is 13.5 Å². The van der Waals surface area contributed by atoms with Crippen LogP contribution in [0.3, 0.4) is 0 Å². The zero-order valence-corrected chi connectivity index (χ0v) is 23.3. The van der Waals surface area contributed by atoms with Gasteiger partial charge in [-0.1, -0.05) is 12.1 Å². The van der Waals surface area contributed by atoms with E-state index in [9.17, 15) is 26.2 Å². The van der Waals surface area contributed by atoms with Crippen molar-refractivity contribution in [2.24, 2.45) is 20.5 Å². The quantitative estimate of drug-likeness (QED) is 0.0864. The van der Waals surface area contributed by atoms with Gasteiger partial charge in [0.15, 0.2) is 9.84 Å². The Labute approximate surface area is 235 Å². The molecule has 0 aliphatic carbocycles. The number of aliphatic hydroxyl groups is 1. The number of benzene rings is 3. The number of azo groups is 2. The molecule has 15 nitrogen and oxygen atoms in total. The molecule has 41 heavy (non-hydrogen) atoms. The van der Waals surface area contributed by atoms with E-state index in [1.54, 1.807) is 24.3 Å². The second-order valence-electron chi connectivity index (χ2n) is 8.30. The van der Waals surface area contributed by atoms with Gasteiger partial charge in [0.05, 0.1) is 47.8 Å². The number of nitrogens with two attached hydrogens (primary N) is 2. The average molecular weight is 606 g/mol. The largest absolute Gasteiger partial charge is 0.465 e. The number of esters is 1. The molecule has 0 radical (unpaired) electrons. The summed E-state index contributed by atoms with van der Waals surface area (Å²) in [5.41, 5.74) is 12.0. The van der Waals surface area contributed by atoms with Crippen LogP contribution in [0, 0.1) is 0 Å². The van der Waals surface area contributed by atoms with Crippen molar-refractivity contribution in [3.05, 3.63) is 60.2 Å². The fourth-order valence-electron chi connectivity index (χ4n) is 3.36. The summed E-state index contributed by atoms with van der Waals surface area (Å²) in [6.45, 7) is -0.321. The summed E-state index contributed by atoms with van der Waals surface area (Å²) >= 11 is 0. The number of rotatable bonds is 12. The number of carbonyl (C=O) groups excluding carboxylic acids is 1. The first-order valence-corrected chi connectivity index (χ1v) is 15.0. The monoisotopic (exact) mass is 605 g/mol. The maximum atomic E-state index is 12.0. The van der Waals surface area contributed by atoms with Gasteiger partial charge in [-0.25, -0.2) is 13.2 Å². The lowest BCUT2D eigenvalue weighted by Crippen LogP contribution is -2.20. The van der Waals surface area contributed by atoms with Gasteiger partial charge < -0.3 is 26.6 Å². The number of carbonyl (C=O) groups is 1. The van der Waals surface area contributed by atoms with Crippen LogP contribution in [0.2, 0.25) is 0 Å². The van der Waals surface area contributed by atoms with E-state index in [1.807, 2.05) is 0 Å². The van der Waals surface area contributed by atoms with Crippen molar-refractivity contribution < 1.29 is 36.0 Å². The minimum absolute atomic E-state index is 0.0902. The predicted molar refractivity (Wildman–Crippen MR) is 152 cm³/mol. The van der Waals surface area contributed by atoms with Gasteiger partial charge in [0.2, 0.25) is 0 Å². The van der Waals surface area contributed by atoms with Gasteiger partial charge in [0, 0.05) is 12.2 Å². The minimum Gasteiger partial charge on any atom is -0.465 e. The van der Waals surface area contributed by atoms with Crippen LogP contribution in [-0.2, 0) is 24.7 Å². The summed E-state index contributed by atoms with van der Waals surface area (Å²) in [7, 11) is -7.01. The predicted octanol–water partition coefficient (Wildman–Crippen LogP) is 3.53. The second-order valence-corrected chi connectivity index (χ2v) is 12.0. The smallest absolute Gasteiger partial charge is 0.340 e. The Bertz CT molecular complexity index is 1690. The molecular weight excluding hydrogens is 578 g/mol. The third kappa shape index (κ3) is 8.27. The Hall–Kier alpha value is -4.45. The van der Waals surface area contributed by atoms with Gasteiger partial charge >= 0.3 is 5.97 Å². The number of ether oxygens (including phenoxy) is 1. The maximum absolute atomic E-state index is 12.0. The third-order valence-corrected chi connectivity index (χ3v) is 7.97. The number of nitrogen functional groups attached to an aromatic ring is 2. The van der Waals surface area contributed by atoms with Crippen LogP contribution >= 0.6 is 0 Å². The molecule has 0 aliphatic heterocycles. The topological polar surface area (TPSA) is 249 Å². The van der Waals surface area contributed by atoms with E-state index in [-0.39, 0.29) is 46.4 Å². The van der Waals surface area contributed by atoms with Crippen LogP contribution < -0.4 is 16.8 Å². The van der Waals surface area contributed by atoms with Gasteiger partial charge in [-0.3, -0.25) is 4.55 Å². The Morgan fingerprint density at radius 3 is 2.20 bits per heavy atom. The molecule has 0 aliphatic rings. The van der Waals surface area contributed by atoms with E-state index in [4.69, 9.17) is 21.3 Å². The van der Waals surface area contributed by atoms with Gasteiger partial charge in [0.25, 0.3) is 10.1 Å². The molecule has 3 rings (SSSR count). The highest BCUT2D eigenvalue weighted by Crippen LogP contribution is 2.43. The molecule has 0 saturated heterocycles. The first kappa shape index (κ1) is 31.1. The van der Waals surface area contributed by atoms with E-state index in [2.05, 4.69) is 25.8 Å². The van der Waals surface area contributed by atoms with Crippen LogP contribution in [0.4, 0.5) is 39.8 Å². The highest BCUT2D eigenvalue weighted by Gasteiger charge is 2.22. The molecule has 0 bridgehead atoms. The summed E-state index contributed by atoms with van der Waals surface area (Å²) in [6.07, 6.45) is 0. The normalized spacial score (nSPS) is 12.2. The number of sulfone groups is 1. The Balaban J connectivity index is 1.91. The number of anilines is 3. The molecule has 7 N–H and O–H groups in total. The second kappa shape index (κ2) is 13.3. The lowest BCUT2D eigenvalue weighted by atomic mass is 10.2. The molecule has 218 valence electrons. The molecule has 3 aromatic rings. The Kier molecular flexibility index (Phi) is 10.1. The first-order chi connectivity index (χ1) is 19.4. The zero-order chi connectivity index (χ0) is 30.2. The van der Waals surface area contributed by atoms with Crippen molar-refractivity contribution in [1.82, 2.24) is 0 Å². The maximum Gasteiger partial charge on any atom is 0.340 e. The molecule has 0 spiro atoms. The number of hydrogen-bond acceptors (Lipinski definition) is 14. The standard InChI is InChI=1S/C24H27N7O8S2/c1-39-24(33)17-4-2-3-5-18(17)29-30-19-14-20(41(36,37)38)22(26)23(21(19)25)31-28-16-8-6-15(7-9-16)27-10-12-40(34,35)13-11-32/h2-9,14,27,32H,10-13,25-26H2,1H3,(H,36,37,38)/b30-29+,31-28+. The summed E-state index contributed by atoms with van der Waals surface area (Å²) in [6, 6.07) is 13.3. The average Bonchev–Trinajstić information content (AvgIpc) is 2.92. The number of nitrogens with zero attached hydrogens (tertiary/aromatic N) is 4. The van der Waals surface area contributed by atoms with Crippen molar-refractivity contribution in [2.45, 2.75) is 4.90 Å². The van der Waals surface area contributed by atoms with Crippen LogP contribution in [0.25, 0.3) is 0 Å². The summed E-state index contributed by atoms with van der Waals surface area (Å²) in [4.78, 5) is 11.3. The molecule has 0 saturated carbocycles. The van der Waals surface area contributed by atoms with Crippen LogP contribution in [0.15, 0.2) is 79.9 Å². The van der Waals surface area contributed by atoms with Crippen molar-refractivity contribution >= 4 is 65.7 Å². The van der Waals surface area contributed by atoms with Crippen LogP contribution in [0.5, 0.6) is 0 Å². The molecule has 0 atom stereocenters. The number of methoxy groups -OCH3 is 1. The molecule has 0 amide bonds. The molecule has 0 heterocycles. The Morgan fingerprint density at radius 1 is 0.902 bits per heavy atom. The van der Waals surface area contributed by atoms with Crippen molar-refractivity contribution in [1.29, 1.82) is 0 Å².